The van der Waals surface area contributed by atoms with Gasteiger partial charge in [0.2, 0.25) is 15.9 Å². The van der Waals surface area contributed by atoms with Crippen LogP contribution in [0.5, 0.6) is 0 Å². The Morgan fingerprint density at radius 2 is 1.62 bits per heavy atom. The number of sulfonamides is 1. The first-order valence-corrected chi connectivity index (χ1v) is 11.9. The van der Waals surface area contributed by atoms with Crippen LogP contribution in [0.15, 0.2) is 90.0 Å². The zero-order valence-corrected chi connectivity index (χ0v) is 18.7. The molecule has 0 aliphatic carbocycles. The van der Waals surface area contributed by atoms with E-state index in [1.807, 2.05) is 54.6 Å². The number of H-pyrrole nitrogens is 1. The molecule has 0 saturated carbocycles. The summed E-state index contributed by atoms with van der Waals surface area (Å²) in [6.45, 7) is 0.298. The third-order valence-electron chi connectivity index (χ3n) is 5.15. The predicted octanol–water partition coefficient (Wildman–Crippen LogP) is 4.03. The van der Waals surface area contributed by atoms with Gasteiger partial charge in [-0.15, -0.1) is 0 Å². The van der Waals surface area contributed by atoms with Gasteiger partial charge in [0.1, 0.15) is 6.04 Å². The Bertz CT molecular complexity index is 1320. The third kappa shape index (κ3) is 5.19. The Kier molecular flexibility index (Phi) is 6.60. The van der Waals surface area contributed by atoms with Crippen LogP contribution in [0.3, 0.4) is 0 Å². The SMILES string of the molecule is O=C(NCc1ccccc1)C(Cc1c[nH]c2ccccc12)NS(=O)(=O)c1ccc(Cl)cc1. The number of halogens is 1. The number of rotatable bonds is 8. The molecule has 0 saturated heterocycles. The highest BCUT2D eigenvalue weighted by Gasteiger charge is 2.27. The van der Waals surface area contributed by atoms with Gasteiger partial charge in [-0.1, -0.05) is 60.1 Å². The molecule has 0 radical (unpaired) electrons. The molecule has 0 aliphatic heterocycles. The van der Waals surface area contributed by atoms with Crippen molar-refractivity contribution in [2.75, 3.05) is 0 Å². The van der Waals surface area contributed by atoms with Crippen molar-refractivity contribution in [1.29, 1.82) is 0 Å². The van der Waals surface area contributed by atoms with Crippen LogP contribution in [-0.2, 0) is 27.8 Å². The molecule has 8 heteroatoms. The van der Waals surface area contributed by atoms with Crippen LogP contribution in [-0.4, -0.2) is 25.4 Å². The van der Waals surface area contributed by atoms with Crippen molar-refractivity contribution in [2.24, 2.45) is 0 Å². The molecule has 0 aliphatic rings. The summed E-state index contributed by atoms with van der Waals surface area (Å²) in [6, 6.07) is 22.0. The number of amides is 1. The lowest BCUT2D eigenvalue weighted by atomic mass is 10.0. The molecule has 3 N–H and O–H groups in total. The van der Waals surface area contributed by atoms with Crippen molar-refractivity contribution in [1.82, 2.24) is 15.0 Å². The summed E-state index contributed by atoms with van der Waals surface area (Å²) >= 11 is 5.88. The molecular formula is C24H22ClN3O3S. The Balaban J connectivity index is 1.59. The second kappa shape index (κ2) is 9.56. The smallest absolute Gasteiger partial charge is 0.241 e. The average Bonchev–Trinajstić information content (AvgIpc) is 3.21. The van der Waals surface area contributed by atoms with E-state index in [1.54, 1.807) is 6.20 Å². The fourth-order valence-corrected chi connectivity index (χ4v) is 4.81. The lowest BCUT2D eigenvalue weighted by Gasteiger charge is -2.19. The van der Waals surface area contributed by atoms with Gasteiger partial charge in [0.25, 0.3) is 0 Å². The summed E-state index contributed by atoms with van der Waals surface area (Å²) < 4.78 is 28.5. The van der Waals surface area contributed by atoms with Crippen LogP contribution < -0.4 is 10.0 Å². The summed E-state index contributed by atoms with van der Waals surface area (Å²) in [7, 11) is -3.94. The molecule has 1 aromatic heterocycles. The van der Waals surface area contributed by atoms with Gasteiger partial charge < -0.3 is 10.3 Å². The fraction of sp³-hybridized carbons (Fsp3) is 0.125. The number of hydrogen-bond donors (Lipinski definition) is 3. The first kappa shape index (κ1) is 22.1. The highest BCUT2D eigenvalue weighted by molar-refractivity contribution is 7.89. The Morgan fingerprint density at radius 1 is 0.938 bits per heavy atom. The summed E-state index contributed by atoms with van der Waals surface area (Å²) in [6.07, 6.45) is 2.00. The fourth-order valence-electron chi connectivity index (χ4n) is 3.49. The topological polar surface area (TPSA) is 91.1 Å². The van der Waals surface area contributed by atoms with E-state index in [2.05, 4.69) is 15.0 Å². The maximum atomic E-state index is 13.1. The Morgan fingerprint density at radius 3 is 2.38 bits per heavy atom. The van der Waals surface area contributed by atoms with Gasteiger partial charge in [0, 0.05) is 28.7 Å². The van der Waals surface area contributed by atoms with Crippen molar-refractivity contribution < 1.29 is 13.2 Å². The van der Waals surface area contributed by atoms with Crippen LogP contribution in [0.2, 0.25) is 5.02 Å². The van der Waals surface area contributed by atoms with E-state index in [4.69, 9.17) is 11.6 Å². The zero-order chi connectivity index (χ0) is 22.6. The predicted molar refractivity (Wildman–Crippen MR) is 126 cm³/mol. The van der Waals surface area contributed by atoms with E-state index >= 15 is 0 Å². The van der Waals surface area contributed by atoms with E-state index < -0.39 is 22.0 Å². The summed E-state index contributed by atoms with van der Waals surface area (Å²) in [5, 5.41) is 4.22. The van der Waals surface area contributed by atoms with E-state index in [0.29, 0.717) is 11.6 Å². The number of para-hydroxylation sites is 1. The molecule has 1 unspecified atom stereocenters. The van der Waals surface area contributed by atoms with Crippen LogP contribution in [0.4, 0.5) is 0 Å². The third-order valence-corrected chi connectivity index (χ3v) is 6.89. The highest BCUT2D eigenvalue weighted by atomic mass is 35.5. The molecule has 1 amide bonds. The van der Waals surface area contributed by atoms with Crippen molar-refractivity contribution in [2.45, 2.75) is 23.9 Å². The van der Waals surface area contributed by atoms with E-state index in [-0.39, 0.29) is 11.3 Å². The van der Waals surface area contributed by atoms with Gasteiger partial charge in [0.15, 0.2) is 0 Å². The van der Waals surface area contributed by atoms with Crippen LogP contribution in [0, 0.1) is 0 Å². The van der Waals surface area contributed by atoms with Gasteiger partial charge in [-0.05, 0) is 47.9 Å². The van der Waals surface area contributed by atoms with Gasteiger partial charge in [-0.3, -0.25) is 4.79 Å². The quantitative estimate of drug-likeness (QED) is 0.365. The number of carbonyl (C=O) groups is 1. The number of carbonyl (C=O) groups excluding carboxylic acids is 1. The normalized spacial score (nSPS) is 12.5. The van der Waals surface area contributed by atoms with Crippen molar-refractivity contribution >= 4 is 38.4 Å². The summed E-state index contributed by atoms with van der Waals surface area (Å²) in [5.41, 5.74) is 2.69. The molecule has 32 heavy (non-hydrogen) atoms. The standard InChI is InChI=1S/C24H22ClN3O3S/c25-19-10-12-20(13-11-19)32(30,31)28-23(24(29)27-15-17-6-2-1-3-7-17)14-18-16-26-22-9-5-4-8-21(18)22/h1-13,16,23,26,28H,14-15H2,(H,27,29). The lowest BCUT2D eigenvalue weighted by Crippen LogP contribution is -2.47. The van der Waals surface area contributed by atoms with Gasteiger partial charge in [-0.2, -0.15) is 4.72 Å². The average molecular weight is 468 g/mol. The number of aromatic amines is 1. The molecule has 0 spiro atoms. The van der Waals surface area contributed by atoms with Crippen LogP contribution >= 0.6 is 11.6 Å². The number of nitrogens with one attached hydrogen (secondary N) is 3. The molecule has 0 fully saturated rings. The lowest BCUT2D eigenvalue weighted by molar-refractivity contribution is -0.122. The second-order valence-electron chi connectivity index (χ2n) is 7.39. The minimum Gasteiger partial charge on any atom is -0.361 e. The summed E-state index contributed by atoms with van der Waals surface area (Å²) in [4.78, 5) is 16.3. The van der Waals surface area contributed by atoms with Crippen molar-refractivity contribution in [3.63, 3.8) is 0 Å². The molecule has 1 heterocycles. The molecule has 0 bridgehead atoms. The Hall–Kier alpha value is -3.13. The number of hydrogen-bond acceptors (Lipinski definition) is 3. The minimum absolute atomic E-state index is 0.0432. The molecule has 1 atom stereocenters. The number of aromatic nitrogens is 1. The first-order chi connectivity index (χ1) is 15.4. The maximum absolute atomic E-state index is 13.1. The van der Waals surface area contributed by atoms with Gasteiger partial charge in [0.05, 0.1) is 4.90 Å². The molecule has 6 nitrogen and oxygen atoms in total. The first-order valence-electron chi connectivity index (χ1n) is 10.1. The van der Waals surface area contributed by atoms with Crippen molar-refractivity contribution in [3.8, 4) is 0 Å². The highest BCUT2D eigenvalue weighted by Crippen LogP contribution is 2.20. The number of fused-ring (bicyclic) bond motifs is 1. The van der Waals surface area contributed by atoms with E-state index in [0.717, 1.165) is 22.0 Å². The van der Waals surface area contributed by atoms with E-state index in [1.165, 1.54) is 24.3 Å². The maximum Gasteiger partial charge on any atom is 0.241 e. The molecular weight excluding hydrogens is 446 g/mol. The van der Waals surface area contributed by atoms with Gasteiger partial charge in [-0.25, -0.2) is 8.42 Å². The molecule has 4 rings (SSSR count). The molecule has 164 valence electrons. The Labute approximate surface area is 191 Å². The molecule has 4 aromatic rings. The molecule has 3 aromatic carbocycles. The van der Waals surface area contributed by atoms with Crippen LogP contribution in [0.1, 0.15) is 11.1 Å². The monoisotopic (exact) mass is 467 g/mol. The summed E-state index contributed by atoms with van der Waals surface area (Å²) in [5.74, 6) is -0.406. The van der Waals surface area contributed by atoms with Crippen molar-refractivity contribution in [3.05, 3.63) is 101 Å². The second-order valence-corrected chi connectivity index (χ2v) is 9.55. The van der Waals surface area contributed by atoms with Crippen LogP contribution in [0.25, 0.3) is 10.9 Å². The van der Waals surface area contributed by atoms with Gasteiger partial charge >= 0.3 is 0 Å². The zero-order valence-electron chi connectivity index (χ0n) is 17.1. The number of benzene rings is 3. The minimum atomic E-state index is -3.94. The largest absolute Gasteiger partial charge is 0.361 e. The van der Waals surface area contributed by atoms with E-state index in [9.17, 15) is 13.2 Å².